The summed E-state index contributed by atoms with van der Waals surface area (Å²) >= 11 is 0.950. The van der Waals surface area contributed by atoms with Crippen LogP contribution in [0.5, 0.6) is 0 Å². The number of carboxylic acid groups (broad SMARTS) is 1. The second-order valence-corrected chi connectivity index (χ2v) is 6.07. The van der Waals surface area contributed by atoms with Gasteiger partial charge in [0.1, 0.15) is 5.00 Å². The topological polar surface area (TPSA) is 127 Å². The van der Waals surface area contributed by atoms with E-state index in [1.165, 1.54) is 11.4 Å². The van der Waals surface area contributed by atoms with E-state index in [0.717, 1.165) is 18.3 Å². The third kappa shape index (κ3) is 2.94. The van der Waals surface area contributed by atoms with E-state index in [0.29, 0.717) is 0 Å². The molecule has 94 valence electrons. The molecule has 1 unspecified atom stereocenters. The molecule has 7 nitrogen and oxygen atoms in total. The van der Waals surface area contributed by atoms with Crippen LogP contribution in [-0.2, 0) is 14.8 Å². The summed E-state index contributed by atoms with van der Waals surface area (Å²) < 4.78 is 25.2. The summed E-state index contributed by atoms with van der Waals surface area (Å²) in [6.07, 6.45) is 0. The van der Waals surface area contributed by atoms with Crippen LogP contribution in [0.25, 0.3) is 0 Å². The van der Waals surface area contributed by atoms with E-state index in [4.69, 9.17) is 10.8 Å². The van der Waals surface area contributed by atoms with Crippen molar-refractivity contribution >= 4 is 38.2 Å². The van der Waals surface area contributed by atoms with Gasteiger partial charge in [0.2, 0.25) is 10.0 Å². The molecule has 1 heterocycles. The summed E-state index contributed by atoms with van der Waals surface area (Å²) in [5, 5.41) is 8.49. The first-order valence-electron chi connectivity index (χ1n) is 4.37. The van der Waals surface area contributed by atoms with Crippen molar-refractivity contribution in [1.82, 2.24) is 0 Å². The first kappa shape index (κ1) is 13.5. The molecule has 17 heavy (non-hydrogen) atoms. The van der Waals surface area contributed by atoms with Crippen LogP contribution in [0.2, 0.25) is 0 Å². The lowest BCUT2D eigenvalue weighted by molar-refractivity contribution is -0.136. The Morgan fingerprint density at radius 3 is 2.59 bits per heavy atom. The lowest BCUT2D eigenvalue weighted by Crippen LogP contribution is -2.32. The van der Waals surface area contributed by atoms with Gasteiger partial charge in [-0.1, -0.05) is 0 Å². The number of aliphatic carboxylic acids is 1. The summed E-state index contributed by atoms with van der Waals surface area (Å²) in [5.41, 5.74) is 5.04. The molecule has 1 amide bonds. The van der Waals surface area contributed by atoms with Crippen LogP contribution >= 0.6 is 11.3 Å². The molecule has 0 radical (unpaired) electrons. The van der Waals surface area contributed by atoms with Crippen LogP contribution in [0, 0.1) is 0 Å². The Kier molecular flexibility index (Phi) is 3.73. The number of carbonyl (C=O) groups is 2. The molecule has 1 aromatic heterocycles. The van der Waals surface area contributed by atoms with Crippen molar-refractivity contribution in [2.24, 2.45) is 5.73 Å². The molecule has 4 N–H and O–H groups in total. The Morgan fingerprint density at radius 1 is 1.53 bits per heavy atom. The number of sulfonamides is 1. The smallest absolute Gasteiger partial charge is 0.323 e. The van der Waals surface area contributed by atoms with Crippen molar-refractivity contribution < 1.29 is 23.1 Å². The lowest BCUT2D eigenvalue weighted by Gasteiger charge is -2.10. The van der Waals surface area contributed by atoms with Gasteiger partial charge < -0.3 is 10.8 Å². The van der Waals surface area contributed by atoms with Crippen LogP contribution < -0.4 is 10.5 Å². The van der Waals surface area contributed by atoms with Crippen molar-refractivity contribution in [1.29, 1.82) is 0 Å². The number of amides is 1. The molecule has 0 aliphatic heterocycles. The summed E-state index contributed by atoms with van der Waals surface area (Å²) in [4.78, 5) is 21.5. The third-order valence-electron chi connectivity index (χ3n) is 1.98. The Balaban J connectivity index is 3.03. The normalized spacial score (nSPS) is 13.0. The number of primary amides is 1. The highest BCUT2D eigenvalue weighted by Gasteiger charge is 2.29. The van der Waals surface area contributed by atoms with Gasteiger partial charge in [-0.05, 0) is 18.4 Å². The Bertz CT molecular complexity index is 548. The number of rotatable bonds is 5. The minimum Gasteiger partial charge on any atom is -0.480 e. The monoisotopic (exact) mass is 278 g/mol. The molecule has 0 bridgehead atoms. The molecular formula is C8H10N2O5S2. The van der Waals surface area contributed by atoms with E-state index in [-0.39, 0.29) is 10.6 Å². The van der Waals surface area contributed by atoms with Crippen LogP contribution in [0.15, 0.2) is 11.4 Å². The number of nitrogens with two attached hydrogens (primary N) is 1. The highest BCUT2D eigenvalue weighted by Crippen LogP contribution is 2.24. The fourth-order valence-electron chi connectivity index (χ4n) is 0.933. The van der Waals surface area contributed by atoms with E-state index in [1.807, 2.05) is 4.72 Å². The Morgan fingerprint density at radius 2 is 2.12 bits per heavy atom. The van der Waals surface area contributed by atoms with Gasteiger partial charge in [0.25, 0.3) is 5.91 Å². The second-order valence-electron chi connectivity index (χ2n) is 3.16. The van der Waals surface area contributed by atoms with E-state index in [9.17, 15) is 18.0 Å². The van der Waals surface area contributed by atoms with Gasteiger partial charge in [0, 0.05) is 0 Å². The highest BCUT2D eigenvalue weighted by molar-refractivity contribution is 7.94. The molecule has 0 saturated heterocycles. The lowest BCUT2D eigenvalue weighted by atomic mass is 10.3. The van der Waals surface area contributed by atoms with Crippen LogP contribution in [0.4, 0.5) is 5.00 Å². The Labute approximate surface area is 101 Å². The van der Waals surface area contributed by atoms with E-state index >= 15 is 0 Å². The van der Waals surface area contributed by atoms with Gasteiger partial charge in [-0.2, -0.15) is 0 Å². The fourth-order valence-corrected chi connectivity index (χ4v) is 2.92. The maximum atomic E-state index is 11.6. The maximum absolute atomic E-state index is 11.6. The number of hydrogen-bond donors (Lipinski definition) is 3. The fraction of sp³-hybridized carbons (Fsp3) is 0.250. The number of carboxylic acids is 1. The predicted molar refractivity (Wildman–Crippen MR) is 62.5 cm³/mol. The van der Waals surface area contributed by atoms with Crippen molar-refractivity contribution in [3.05, 3.63) is 17.0 Å². The largest absolute Gasteiger partial charge is 0.480 e. The number of thiophene rings is 1. The molecule has 0 spiro atoms. The van der Waals surface area contributed by atoms with E-state index < -0.39 is 27.1 Å². The van der Waals surface area contributed by atoms with Gasteiger partial charge in [-0.3, -0.25) is 14.3 Å². The molecule has 9 heteroatoms. The number of nitrogens with one attached hydrogen (secondary N) is 1. The number of anilines is 1. The molecule has 1 rings (SSSR count). The quantitative estimate of drug-likeness (QED) is 0.702. The molecule has 1 aromatic rings. The van der Waals surface area contributed by atoms with Crippen molar-refractivity contribution in [2.45, 2.75) is 12.2 Å². The molecule has 0 saturated carbocycles. The minimum atomic E-state index is -4.09. The van der Waals surface area contributed by atoms with Gasteiger partial charge in [-0.15, -0.1) is 11.3 Å². The summed E-state index contributed by atoms with van der Waals surface area (Å²) in [7, 11) is -4.09. The highest BCUT2D eigenvalue weighted by atomic mass is 32.2. The molecule has 0 fully saturated rings. The molecule has 1 atom stereocenters. The zero-order valence-corrected chi connectivity index (χ0v) is 10.3. The van der Waals surface area contributed by atoms with Crippen LogP contribution in [0.3, 0.4) is 0 Å². The molecule has 0 aliphatic carbocycles. The number of hydrogen-bond acceptors (Lipinski definition) is 5. The third-order valence-corrected chi connectivity index (χ3v) is 4.56. The molecule has 0 aromatic carbocycles. The summed E-state index contributed by atoms with van der Waals surface area (Å²) in [6.45, 7) is 1.03. The average Bonchev–Trinajstić information content (AvgIpc) is 2.63. The zero-order chi connectivity index (χ0) is 13.2. The van der Waals surface area contributed by atoms with Gasteiger partial charge in [0.15, 0.2) is 5.25 Å². The summed E-state index contributed by atoms with van der Waals surface area (Å²) in [6, 6.07) is 1.36. The summed E-state index contributed by atoms with van der Waals surface area (Å²) in [5.74, 6) is -2.26. The van der Waals surface area contributed by atoms with E-state index in [2.05, 4.69) is 0 Å². The molecule has 0 aliphatic rings. The van der Waals surface area contributed by atoms with Crippen molar-refractivity contribution in [3.63, 3.8) is 0 Å². The average molecular weight is 278 g/mol. The minimum absolute atomic E-state index is 0.0103. The van der Waals surface area contributed by atoms with Gasteiger partial charge in [0.05, 0.1) is 5.56 Å². The van der Waals surface area contributed by atoms with Crippen molar-refractivity contribution in [2.75, 3.05) is 4.72 Å². The standard InChI is InChI=1S/C8H10N2O5S2/c1-4(8(12)13)17(14,15)10-7-5(6(9)11)2-3-16-7/h2-4,10H,1H3,(H2,9,11)(H,12,13). The Hall–Kier alpha value is -1.61. The first-order chi connectivity index (χ1) is 7.75. The van der Waals surface area contributed by atoms with Crippen LogP contribution in [0.1, 0.15) is 17.3 Å². The SMILES string of the molecule is CC(C(=O)O)S(=O)(=O)Nc1sccc1C(N)=O. The van der Waals surface area contributed by atoms with Crippen molar-refractivity contribution in [3.8, 4) is 0 Å². The van der Waals surface area contributed by atoms with E-state index in [1.54, 1.807) is 0 Å². The van der Waals surface area contributed by atoms with Gasteiger partial charge >= 0.3 is 5.97 Å². The first-order valence-corrected chi connectivity index (χ1v) is 6.80. The molecular weight excluding hydrogens is 268 g/mol. The van der Waals surface area contributed by atoms with Crippen LogP contribution in [-0.4, -0.2) is 30.7 Å². The maximum Gasteiger partial charge on any atom is 0.323 e. The zero-order valence-electron chi connectivity index (χ0n) is 8.71. The second kappa shape index (κ2) is 4.72. The predicted octanol–water partition coefficient (Wildman–Crippen LogP) is 0.0618. The van der Waals surface area contributed by atoms with Gasteiger partial charge in [-0.25, -0.2) is 8.42 Å². The number of carbonyl (C=O) groups excluding carboxylic acids is 1.